The summed E-state index contributed by atoms with van der Waals surface area (Å²) in [5.74, 6) is 0.551. The van der Waals surface area contributed by atoms with Gasteiger partial charge in [-0.25, -0.2) is 0 Å². The summed E-state index contributed by atoms with van der Waals surface area (Å²) in [4.78, 5) is 0. The number of phenols is 1. The molecule has 21 heavy (non-hydrogen) atoms. The number of aromatic hydroxyl groups is 1. The largest absolute Gasteiger partial charge is 0.504 e. The normalized spacial score (nSPS) is 10.7. The fourth-order valence-electron chi connectivity index (χ4n) is 2.46. The number of nitrogen functional groups attached to an aromatic ring is 1. The minimum Gasteiger partial charge on any atom is -0.504 e. The highest BCUT2D eigenvalue weighted by atomic mass is 16.5. The minimum absolute atomic E-state index is 0.127. The topological polar surface area (TPSA) is 55.5 Å². The van der Waals surface area contributed by atoms with E-state index in [1.54, 1.807) is 18.2 Å². The molecule has 0 amide bonds. The van der Waals surface area contributed by atoms with Gasteiger partial charge in [-0.15, -0.1) is 0 Å². The first-order valence-corrected chi connectivity index (χ1v) is 8.46. The molecule has 0 bridgehead atoms. The molecule has 0 saturated heterocycles. The Balaban J connectivity index is 1.95. The lowest BCUT2D eigenvalue weighted by Gasteiger charge is -2.10. The van der Waals surface area contributed by atoms with E-state index in [1.165, 1.54) is 57.8 Å². The van der Waals surface area contributed by atoms with Crippen molar-refractivity contribution in [2.45, 2.75) is 71.1 Å². The smallest absolute Gasteiger partial charge is 0.183 e. The zero-order chi connectivity index (χ0) is 15.3. The van der Waals surface area contributed by atoms with Crippen LogP contribution in [-0.2, 0) is 0 Å². The molecule has 120 valence electrons. The van der Waals surface area contributed by atoms with Gasteiger partial charge < -0.3 is 15.6 Å². The van der Waals surface area contributed by atoms with Gasteiger partial charge in [0.05, 0.1) is 12.3 Å². The maximum atomic E-state index is 9.65. The maximum absolute atomic E-state index is 9.65. The van der Waals surface area contributed by atoms with E-state index in [0.29, 0.717) is 18.0 Å². The quantitative estimate of drug-likeness (QED) is 0.407. The maximum Gasteiger partial charge on any atom is 0.183 e. The molecule has 3 N–H and O–H groups in total. The number of nitrogens with two attached hydrogens (primary N) is 1. The highest BCUT2D eigenvalue weighted by molar-refractivity contribution is 5.59. The molecule has 0 atom stereocenters. The van der Waals surface area contributed by atoms with Gasteiger partial charge in [0, 0.05) is 0 Å². The van der Waals surface area contributed by atoms with Gasteiger partial charge in [-0.1, -0.05) is 70.8 Å². The lowest BCUT2D eigenvalue weighted by Crippen LogP contribution is -2.00. The Morgan fingerprint density at radius 1 is 0.905 bits per heavy atom. The van der Waals surface area contributed by atoms with E-state index in [0.717, 1.165) is 6.42 Å². The van der Waals surface area contributed by atoms with Crippen LogP contribution in [0.15, 0.2) is 18.2 Å². The second-order valence-corrected chi connectivity index (χ2v) is 5.73. The van der Waals surface area contributed by atoms with Crippen LogP contribution in [0.25, 0.3) is 0 Å². The first-order chi connectivity index (χ1) is 10.3. The molecular weight excluding hydrogens is 262 g/mol. The molecule has 0 fully saturated rings. The van der Waals surface area contributed by atoms with Gasteiger partial charge in [-0.3, -0.25) is 0 Å². The molecule has 1 rings (SSSR count). The monoisotopic (exact) mass is 293 g/mol. The Bertz CT molecular complexity index is 359. The predicted molar refractivity (Wildman–Crippen MR) is 89.9 cm³/mol. The third-order valence-corrected chi connectivity index (χ3v) is 3.77. The summed E-state index contributed by atoms with van der Waals surface area (Å²) >= 11 is 0. The van der Waals surface area contributed by atoms with Crippen LogP contribution in [0.4, 0.5) is 5.69 Å². The Kier molecular flexibility index (Phi) is 9.51. The van der Waals surface area contributed by atoms with Crippen LogP contribution < -0.4 is 10.5 Å². The molecule has 0 saturated carbocycles. The van der Waals surface area contributed by atoms with E-state index in [1.807, 2.05) is 0 Å². The molecule has 1 aromatic carbocycles. The number of anilines is 1. The lowest BCUT2D eigenvalue weighted by atomic mass is 10.1. The summed E-state index contributed by atoms with van der Waals surface area (Å²) in [6.45, 7) is 2.88. The molecule has 3 nitrogen and oxygen atoms in total. The third kappa shape index (κ3) is 7.84. The van der Waals surface area contributed by atoms with Crippen LogP contribution in [0.3, 0.4) is 0 Å². The molecule has 0 aliphatic rings. The summed E-state index contributed by atoms with van der Waals surface area (Å²) in [6, 6.07) is 5.07. The first kappa shape index (κ1) is 17.7. The number of unbranched alkanes of at least 4 members (excludes halogenated alkanes) is 9. The fourth-order valence-corrected chi connectivity index (χ4v) is 2.46. The van der Waals surface area contributed by atoms with Gasteiger partial charge in [0.1, 0.15) is 0 Å². The molecule has 0 aliphatic heterocycles. The van der Waals surface area contributed by atoms with Gasteiger partial charge in [-0.2, -0.15) is 0 Å². The van der Waals surface area contributed by atoms with E-state index in [9.17, 15) is 5.11 Å². The van der Waals surface area contributed by atoms with Crippen molar-refractivity contribution in [3.63, 3.8) is 0 Å². The Morgan fingerprint density at radius 3 is 2.05 bits per heavy atom. The third-order valence-electron chi connectivity index (χ3n) is 3.77. The lowest BCUT2D eigenvalue weighted by molar-refractivity contribution is 0.290. The second kappa shape index (κ2) is 11.3. The van der Waals surface area contributed by atoms with Gasteiger partial charge >= 0.3 is 0 Å². The minimum atomic E-state index is 0.127. The van der Waals surface area contributed by atoms with Crippen LogP contribution >= 0.6 is 0 Å². The number of benzene rings is 1. The summed E-state index contributed by atoms with van der Waals surface area (Å²) in [6.07, 6.45) is 13.0. The highest BCUT2D eigenvalue weighted by Crippen LogP contribution is 2.31. The van der Waals surface area contributed by atoms with Crippen molar-refractivity contribution < 1.29 is 9.84 Å². The van der Waals surface area contributed by atoms with Crippen molar-refractivity contribution in [1.82, 2.24) is 0 Å². The van der Waals surface area contributed by atoms with Crippen LogP contribution in [0.5, 0.6) is 11.5 Å². The summed E-state index contributed by atoms with van der Waals surface area (Å²) < 4.78 is 5.56. The van der Waals surface area contributed by atoms with Crippen molar-refractivity contribution >= 4 is 5.69 Å². The number of hydrogen-bond donors (Lipinski definition) is 2. The zero-order valence-corrected chi connectivity index (χ0v) is 13.4. The zero-order valence-electron chi connectivity index (χ0n) is 13.4. The highest BCUT2D eigenvalue weighted by Gasteiger charge is 2.05. The second-order valence-electron chi connectivity index (χ2n) is 5.73. The Labute approximate surface area is 129 Å². The fraction of sp³-hybridized carbons (Fsp3) is 0.667. The van der Waals surface area contributed by atoms with Gasteiger partial charge in [0.2, 0.25) is 0 Å². The summed E-state index contributed by atoms with van der Waals surface area (Å²) in [5, 5.41) is 9.65. The van der Waals surface area contributed by atoms with Crippen molar-refractivity contribution in [2.75, 3.05) is 12.3 Å². The van der Waals surface area contributed by atoms with Gasteiger partial charge in [0.15, 0.2) is 11.5 Å². The SMILES string of the molecule is CCCCCCCCCCCCOc1c(N)cccc1O. The molecule has 1 aromatic rings. The number of ether oxygens (including phenoxy) is 1. The van der Waals surface area contributed by atoms with E-state index >= 15 is 0 Å². The van der Waals surface area contributed by atoms with Crippen molar-refractivity contribution in [3.8, 4) is 11.5 Å². The molecule has 0 heterocycles. The van der Waals surface area contributed by atoms with Crippen molar-refractivity contribution in [1.29, 1.82) is 0 Å². The molecule has 0 radical (unpaired) electrons. The van der Waals surface area contributed by atoms with Gasteiger partial charge in [0.25, 0.3) is 0 Å². The average molecular weight is 293 g/mol. The Hall–Kier alpha value is -1.38. The number of phenolic OH excluding ortho intramolecular Hbond substituents is 1. The molecule has 0 aliphatic carbocycles. The molecule has 0 aromatic heterocycles. The average Bonchev–Trinajstić information content (AvgIpc) is 2.47. The van der Waals surface area contributed by atoms with Crippen LogP contribution in [0.2, 0.25) is 0 Å². The number of hydrogen-bond acceptors (Lipinski definition) is 3. The van der Waals surface area contributed by atoms with Crippen LogP contribution in [0.1, 0.15) is 71.1 Å². The Morgan fingerprint density at radius 2 is 1.48 bits per heavy atom. The first-order valence-electron chi connectivity index (χ1n) is 8.46. The van der Waals surface area contributed by atoms with Crippen LogP contribution in [-0.4, -0.2) is 11.7 Å². The molecule has 3 heteroatoms. The van der Waals surface area contributed by atoms with Crippen LogP contribution in [0, 0.1) is 0 Å². The molecular formula is C18H31NO2. The summed E-state index contributed by atoms with van der Waals surface area (Å²) in [7, 11) is 0. The van der Waals surface area contributed by atoms with Crippen molar-refractivity contribution in [2.24, 2.45) is 0 Å². The molecule has 0 unspecified atom stereocenters. The van der Waals surface area contributed by atoms with E-state index in [2.05, 4.69) is 6.92 Å². The molecule has 0 spiro atoms. The van der Waals surface area contributed by atoms with E-state index in [4.69, 9.17) is 10.5 Å². The van der Waals surface area contributed by atoms with E-state index < -0.39 is 0 Å². The summed E-state index contributed by atoms with van der Waals surface area (Å²) in [5.41, 5.74) is 6.27. The number of rotatable bonds is 12. The predicted octanol–water partition coefficient (Wildman–Crippen LogP) is 5.27. The van der Waals surface area contributed by atoms with Gasteiger partial charge in [-0.05, 0) is 18.6 Å². The van der Waals surface area contributed by atoms with E-state index in [-0.39, 0.29) is 5.75 Å². The number of para-hydroxylation sites is 1. The standard InChI is InChI=1S/C18H31NO2/c1-2-3-4-5-6-7-8-9-10-11-15-21-18-16(19)13-12-14-17(18)20/h12-14,20H,2-11,15,19H2,1H3. The van der Waals surface area contributed by atoms with Crippen molar-refractivity contribution in [3.05, 3.63) is 18.2 Å².